The minimum atomic E-state index is -0.234. The average Bonchev–Trinajstić information content (AvgIpc) is 2.29. The van der Waals surface area contributed by atoms with Gasteiger partial charge in [-0.15, -0.1) is 0 Å². The van der Waals surface area contributed by atoms with Crippen molar-refractivity contribution in [1.82, 2.24) is 0 Å². The minimum absolute atomic E-state index is 0.234. The van der Waals surface area contributed by atoms with Crippen molar-refractivity contribution in [2.75, 3.05) is 13.2 Å². The molecule has 0 aliphatic rings. The van der Waals surface area contributed by atoms with Crippen molar-refractivity contribution in [1.29, 1.82) is 0 Å². The van der Waals surface area contributed by atoms with Gasteiger partial charge in [-0.3, -0.25) is 0 Å². The van der Waals surface area contributed by atoms with Crippen LogP contribution in [0, 0.1) is 0 Å². The number of benzene rings is 1. The lowest BCUT2D eigenvalue weighted by molar-refractivity contribution is -0.139. The number of hydrogen-bond acceptors (Lipinski definition) is 2. The van der Waals surface area contributed by atoms with E-state index < -0.39 is 0 Å². The van der Waals surface area contributed by atoms with E-state index >= 15 is 0 Å². The molecule has 0 atom stereocenters. The lowest BCUT2D eigenvalue weighted by Gasteiger charge is -2.20. The second-order valence-electron chi connectivity index (χ2n) is 3.51. The fourth-order valence-corrected chi connectivity index (χ4v) is 2.45. The summed E-state index contributed by atoms with van der Waals surface area (Å²) in [6.07, 6.45) is 1.66. The van der Waals surface area contributed by atoms with Crippen LogP contribution in [0.2, 0.25) is 0 Å². The lowest BCUT2D eigenvalue weighted by atomic mass is 10.1. The van der Waals surface area contributed by atoms with E-state index in [9.17, 15) is 0 Å². The summed E-state index contributed by atoms with van der Waals surface area (Å²) >= 11 is 0. The smallest absolute Gasteiger partial charge is 0.183 e. The molecule has 0 aliphatic carbocycles. The molecule has 0 saturated heterocycles. The van der Waals surface area contributed by atoms with Crippen LogP contribution in [0.3, 0.4) is 0 Å². The average molecular weight is 236 g/mol. The quantitative estimate of drug-likeness (QED) is 0.549. The molecule has 0 heterocycles. The maximum Gasteiger partial charge on any atom is 0.183 e. The SMILES string of the molecule is C=Cc1cccc(C(OCC)OCC)c1[SiH3]. The lowest BCUT2D eigenvalue weighted by Crippen LogP contribution is -2.21. The number of rotatable bonds is 6. The first-order chi connectivity index (χ1) is 7.74. The molecule has 1 aromatic rings. The molecule has 0 aromatic heterocycles. The Bertz CT molecular complexity index is 344. The van der Waals surface area contributed by atoms with Gasteiger partial charge >= 0.3 is 0 Å². The molecule has 1 aromatic carbocycles. The van der Waals surface area contributed by atoms with Crippen LogP contribution in [0.4, 0.5) is 0 Å². The molecule has 16 heavy (non-hydrogen) atoms. The van der Waals surface area contributed by atoms with Gasteiger partial charge in [0.25, 0.3) is 0 Å². The first kappa shape index (κ1) is 13.2. The fourth-order valence-electron chi connectivity index (χ4n) is 1.68. The van der Waals surface area contributed by atoms with Crippen LogP contribution in [0.1, 0.15) is 31.3 Å². The standard InChI is InChI=1S/C13H20O2Si/c1-4-10-8-7-9-11(12(10)16)13(14-5-2)15-6-3/h4,7-9,13H,1,5-6H2,2-3,16H3. The summed E-state index contributed by atoms with van der Waals surface area (Å²) in [5.41, 5.74) is 2.33. The van der Waals surface area contributed by atoms with Gasteiger partial charge in [0.15, 0.2) is 6.29 Å². The predicted molar refractivity (Wildman–Crippen MR) is 72.1 cm³/mol. The first-order valence-corrected chi connectivity index (χ1v) is 6.69. The highest BCUT2D eigenvalue weighted by Gasteiger charge is 2.14. The Labute approximate surface area is 101 Å². The predicted octanol–water partition coefficient (Wildman–Crippen LogP) is 1.39. The molecule has 0 N–H and O–H groups in total. The van der Waals surface area contributed by atoms with Crippen LogP contribution in [0.15, 0.2) is 24.8 Å². The molecule has 0 aliphatic heterocycles. The van der Waals surface area contributed by atoms with Crippen molar-refractivity contribution in [2.24, 2.45) is 0 Å². The van der Waals surface area contributed by atoms with Crippen LogP contribution in [-0.4, -0.2) is 23.5 Å². The van der Waals surface area contributed by atoms with Gasteiger partial charge in [0.1, 0.15) is 0 Å². The molecule has 0 fully saturated rings. The summed E-state index contributed by atoms with van der Waals surface area (Å²) in [7, 11) is 0.968. The van der Waals surface area contributed by atoms with E-state index in [-0.39, 0.29) is 6.29 Å². The van der Waals surface area contributed by atoms with E-state index in [0.717, 1.165) is 15.8 Å². The van der Waals surface area contributed by atoms with E-state index in [2.05, 4.69) is 18.7 Å². The van der Waals surface area contributed by atoms with Crippen LogP contribution >= 0.6 is 0 Å². The Balaban J connectivity index is 3.03. The zero-order valence-corrected chi connectivity index (χ0v) is 12.3. The van der Waals surface area contributed by atoms with E-state index in [1.54, 1.807) is 0 Å². The van der Waals surface area contributed by atoms with Crippen molar-refractivity contribution < 1.29 is 9.47 Å². The summed E-state index contributed by atoms with van der Waals surface area (Å²) < 4.78 is 11.2. The van der Waals surface area contributed by atoms with Gasteiger partial charge in [0, 0.05) is 29.0 Å². The molecule has 88 valence electrons. The normalized spacial score (nSPS) is 10.9. The van der Waals surface area contributed by atoms with E-state index in [0.29, 0.717) is 13.2 Å². The zero-order valence-electron chi connectivity index (χ0n) is 10.3. The Morgan fingerprint density at radius 3 is 2.44 bits per heavy atom. The van der Waals surface area contributed by atoms with E-state index in [4.69, 9.17) is 9.47 Å². The summed E-state index contributed by atoms with van der Waals surface area (Å²) in [5, 5.41) is 1.31. The Hall–Kier alpha value is -0.903. The van der Waals surface area contributed by atoms with Gasteiger partial charge in [0.2, 0.25) is 0 Å². The number of hydrogen-bond donors (Lipinski definition) is 0. The monoisotopic (exact) mass is 236 g/mol. The Morgan fingerprint density at radius 2 is 1.94 bits per heavy atom. The summed E-state index contributed by atoms with van der Waals surface area (Å²) in [6.45, 7) is 9.10. The van der Waals surface area contributed by atoms with Crippen molar-refractivity contribution in [2.45, 2.75) is 20.1 Å². The molecule has 1 rings (SSSR count). The minimum Gasteiger partial charge on any atom is -0.349 e. The van der Waals surface area contributed by atoms with Gasteiger partial charge in [-0.2, -0.15) is 0 Å². The van der Waals surface area contributed by atoms with Crippen molar-refractivity contribution in [3.63, 3.8) is 0 Å². The Kier molecular flexibility index (Phi) is 5.45. The highest BCUT2D eigenvalue weighted by molar-refractivity contribution is 6.35. The third-order valence-electron chi connectivity index (χ3n) is 2.53. The highest BCUT2D eigenvalue weighted by atomic mass is 28.1. The largest absolute Gasteiger partial charge is 0.349 e. The summed E-state index contributed by atoms with van der Waals surface area (Å²) in [4.78, 5) is 0. The summed E-state index contributed by atoms with van der Waals surface area (Å²) in [6, 6.07) is 6.18. The van der Waals surface area contributed by atoms with Gasteiger partial charge in [-0.05, 0) is 19.4 Å². The number of ether oxygens (including phenoxy) is 2. The van der Waals surface area contributed by atoms with Gasteiger partial charge < -0.3 is 9.47 Å². The molecule has 0 bridgehead atoms. The molecule has 0 unspecified atom stereocenters. The zero-order chi connectivity index (χ0) is 12.0. The molecule has 0 radical (unpaired) electrons. The van der Waals surface area contributed by atoms with Crippen LogP contribution in [0.25, 0.3) is 6.08 Å². The van der Waals surface area contributed by atoms with Crippen molar-refractivity contribution >= 4 is 21.5 Å². The fraction of sp³-hybridized carbons (Fsp3) is 0.385. The van der Waals surface area contributed by atoms with E-state index in [1.165, 1.54) is 10.8 Å². The third kappa shape index (κ3) is 3.04. The highest BCUT2D eigenvalue weighted by Crippen LogP contribution is 2.18. The molecular weight excluding hydrogens is 216 g/mol. The third-order valence-corrected chi connectivity index (χ3v) is 3.68. The summed E-state index contributed by atoms with van der Waals surface area (Å²) in [5.74, 6) is 0. The van der Waals surface area contributed by atoms with Crippen molar-refractivity contribution in [3.05, 3.63) is 35.9 Å². The topological polar surface area (TPSA) is 18.5 Å². The molecule has 2 nitrogen and oxygen atoms in total. The molecule has 0 saturated carbocycles. The second kappa shape index (κ2) is 6.63. The molecular formula is C13H20O2Si. The van der Waals surface area contributed by atoms with Crippen LogP contribution < -0.4 is 5.19 Å². The van der Waals surface area contributed by atoms with Gasteiger partial charge in [-0.1, -0.05) is 36.0 Å². The van der Waals surface area contributed by atoms with Crippen LogP contribution in [0.5, 0.6) is 0 Å². The maximum absolute atomic E-state index is 5.61. The molecule has 0 spiro atoms. The van der Waals surface area contributed by atoms with Gasteiger partial charge in [-0.25, -0.2) is 0 Å². The molecule has 3 heteroatoms. The first-order valence-electron chi connectivity index (χ1n) is 5.69. The van der Waals surface area contributed by atoms with Gasteiger partial charge in [0.05, 0.1) is 0 Å². The van der Waals surface area contributed by atoms with Crippen molar-refractivity contribution in [3.8, 4) is 0 Å². The second-order valence-corrected chi connectivity index (χ2v) is 4.51. The van der Waals surface area contributed by atoms with E-state index in [1.807, 2.05) is 26.0 Å². The van der Waals surface area contributed by atoms with Crippen LogP contribution in [-0.2, 0) is 9.47 Å². The maximum atomic E-state index is 5.61. The Morgan fingerprint density at radius 1 is 1.31 bits per heavy atom. The molecule has 0 amide bonds.